The van der Waals surface area contributed by atoms with Crippen molar-refractivity contribution in [3.8, 4) is 0 Å². The Balaban J connectivity index is 1.69. The molecule has 1 aliphatic heterocycles. The molecule has 0 saturated carbocycles. The molecule has 1 aliphatic rings. The van der Waals surface area contributed by atoms with Gasteiger partial charge in [-0.15, -0.1) is 0 Å². The zero-order valence-electron chi connectivity index (χ0n) is 13.9. The number of amides is 1. The number of morpholine rings is 1. The van der Waals surface area contributed by atoms with E-state index in [-0.39, 0.29) is 24.0 Å². The van der Waals surface area contributed by atoms with Gasteiger partial charge >= 0.3 is 0 Å². The van der Waals surface area contributed by atoms with Crippen LogP contribution in [0.2, 0.25) is 0 Å². The van der Waals surface area contributed by atoms with Crippen molar-refractivity contribution in [3.05, 3.63) is 59.7 Å². The fraction of sp³-hybridized carbons (Fsp3) is 0.278. The highest BCUT2D eigenvalue weighted by Crippen LogP contribution is 2.19. The predicted octanol–water partition coefficient (Wildman–Crippen LogP) is 1.84. The van der Waals surface area contributed by atoms with Crippen molar-refractivity contribution in [1.29, 1.82) is 0 Å². The maximum Gasteiger partial charge on any atom is 0.253 e. The van der Waals surface area contributed by atoms with Crippen molar-refractivity contribution in [2.24, 2.45) is 0 Å². The summed E-state index contributed by atoms with van der Waals surface area (Å²) in [5, 5.41) is 0. The third-order valence-corrected chi connectivity index (χ3v) is 5.45. The van der Waals surface area contributed by atoms with E-state index in [1.54, 1.807) is 17.0 Å². The smallest absolute Gasteiger partial charge is 0.253 e. The monoisotopic (exact) mass is 360 g/mol. The van der Waals surface area contributed by atoms with Gasteiger partial charge in [0.15, 0.2) is 0 Å². The van der Waals surface area contributed by atoms with Crippen LogP contribution in [0.15, 0.2) is 53.4 Å². The molecule has 3 rings (SSSR count). The lowest BCUT2D eigenvalue weighted by atomic mass is 10.2. The summed E-state index contributed by atoms with van der Waals surface area (Å²) in [6.07, 6.45) is 0. The van der Waals surface area contributed by atoms with Crippen LogP contribution in [0, 0.1) is 6.92 Å². The fourth-order valence-electron chi connectivity index (χ4n) is 2.56. The number of carbonyl (C=O) groups is 1. The molecule has 1 saturated heterocycles. The summed E-state index contributed by atoms with van der Waals surface area (Å²) in [7, 11) is -3.61. The molecule has 0 bridgehead atoms. The van der Waals surface area contributed by atoms with Gasteiger partial charge in [-0.25, -0.2) is 13.1 Å². The molecule has 0 unspecified atom stereocenters. The summed E-state index contributed by atoms with van der Waals surface area (Å²) in [4.78, 5) is 13.6. The van der Waals surface area contributed by atoms with Gasteiger partial charge in [0.2, 0.25) is 10.0 Å². The van der Waals surface area contributed by atoms with Crippen molar-refractivity contribution >= 4 is 21.6 Å². The van der Waals surface area contributed by atoms with Crippen molar-refractivity contribution in [2.75, 3.05) is 24.7 Å². The van der Waals surface area contributed by atoms with E-state index in [2.05, 4.69) is 4.72 Å². The number of hydrogen-bond donors (Lipinski definition) is 1. The van der Waals surface area contributed by atoms with Gasteiger partial charge in [0.25, 0.3) is 5.91 Å². The summed E-state index contributed by atoms with van der Waals surface area (Å²) in [6.45, 7) is 3.21. The lowest BCUT2D eigenvalue weighted by molar-refractivity contribution is -0.125. The second-order valence-corrected chi connectivity index (χ2v) is 7.67. The third kappa shape index (κ3) is 4.25. The number of ether oxygens (including phenoxy) is 1. The molecule has 0 atom stereocenters. The van der Waals surface area contributed by atoms with Gasteiger partial charge in [0.05, 0.1) is 11.5 Å². The highest BCUT2D eigenvalue weighted by Gasteiger charge is 2.21. The average Bonchev–Trinajstić information content (AvgIpc) is 2.62. The molecule has 132 valence electrons. The van der Waals surface area contributed by atoms with Gasteiger partial charge < -0.3 is 9.64 Å². The van der Waals surface area contributed by atoms with Gasteiger partial charge in [-0.1, -0.05) is 29.8 Å². The summed E-state index contributed by atoms with van der Waals surface area (Å²) in [5.74, 6) is -0.126. The zero-order valence-corrected chi connectivity index (χ0v) is 14.8. The first kappa shape index (κ1) is 17.6. The van der Waals surface area contributed by atoms with E-state index in [0.29, 0.717) is 18.8 Å². The molecule has 1 fully saturated rings. The molecule has 0 spiro atoms. The molecule has 0 aliphatic carbocycles. The van der Waals surface area contributed by atoms with Crippen molar-refractivity contribution < 1.29 is 17.9 Å². The van der Waals surface area contributed by atoms with E-state index in [9.17, 15) is 13.2 Å². The summed E-state index contributed by atoms with van der Waals surface area (Å²) in [5.41, 5.74) is 2.69. The maximum absolute atomic E-state index is 12.4. The lowest BCUT2D eigenvalue weighted by Gasteiger charge is -2.26. The predicted molar refractivity (Wildman–Crippen MR) is 94.8 cm³/mol. The molecule has 25 heavy (non-hydrogen) atoms. The normalized spacial score (nSPS) is 15.4. The van der Waals surface area contributed by atoms with Crippen LogP contribution in [-0.2, 0) is 26.1 Å². The molecule has 0 radical (unpaired) electrons. The maximum atomic E-state index is 12.4. The highest BCUT2D eigenvalue weighted by atomic mass is 32.2. The fourth-order valence-corrected chi connectivity index (χ4v) is 3.58. The quantitative estimate of drug-likeness (QED) is 0.883. The first-order valence-electron chi connectivity index (χ1n) is 7.99. The molecule has 0 aromatic heterocycles. The molecule has 6 nitrogen and oxygen atoms in total. The van der Waals surface area contributed by atoms with Gasteiger partial charge in [0, 0.05) is 18.8 Å². The molecular weight excluding hydrogens is 340 g/mol. The van der Waals surface area contributed by atoms with Gasteiger partial charge in [0.1, 0.15) is 6.61 Å². The van der Waals surface area contributed by atoms with E-state index in [1.807, 2.05) is 31.2 Å². The minimum Gasteiger partial charge on any atom is -0.370 e. The highest BCUT2D eigenvalue weighted by molar-refractivity contribution is 7.89. The number of hydrogen-bond acceptors (Lipinski definition) is 4. The molecular formula is C18H20N2O4S. The largest absolute Gasteiger partial charge is 0.370 e. The number of aryl methyl sites for hydroxylation is 1. The second kappa shape index (κ2) is 7.35. The Morgan fingerprint density at radius 3 is 2.40 bits per heavy atom. The van der Waals surface area contributed by atoms with Crippen LogP contribution in [0.25, 0.3) is 0 Å². The number of anilines is 1. The van der Waals surface area contributed by atoms with Crippen LogP contribution in [0.5, 0.6) is 0 Å². The Morgan fingerprint density at radius 1 is 1.08 bits per heavy atom. The first-order chi connectivity index (χ1) is 12.0. The van der Waals surface area contributed by atoms with Crippen LogP contribution in [0.1, 0.15) is 11.1 Å². The Morgan fingerprint density at radius 2 is 1.76 bits per heavy atom. The summed E-state index contributed by atoms with van der Waals surface area (Å²) in [6, 6.07) is 14.0. The third-order valence-electron chi connectivity index (χ3n) is 4.03. The number of carbonyl (C=O) groups excluding carboxylic acids is 1. The van der Waals surface area contributed by atoms with Crippen LogP contribution in [-0.4, -0.2) is 34.1 Å². The van der Waals surface area contributed by atoms with E-state index >= 15 is 0 Å². The van der Waals surface area contributed by atoms with E-state index < -0.39 is 10.0 Å². The number of benzene rings is 2. The Labute approximate surface area is 147 Å². The van der Waals surface area contributed by atoms with Crippen LogP contribution in [0.3, 0.4) is 0 Å². The Bertz CT molecular complexity index is 846. The van der Waals surface area contributed by atoms with Crippen LogP contribution >= 0.6 is 0 Å². The number of nitrogens with zero attached hydrogens (tertiary/aromatic N) is 1. The van der Waals surface area contributed by atoms with Crippen molar-refractivity contribution in [3.63, 3.8) is 0 Å². The minimum atomic E-state index is -3.61. The SMILES string of the molecule is Cc1ccc(CNS(=O)(=O)c2ccc(N3CCOCC3=O)cc2)cc1. The Kier molecular flexibility index (Phi) is 5.17. The van der Waals surface area contributed by atoms with Crippen LogP contribution in [0.4, 0.5) is 5.69 Å². The van der Waals surface area contributed by atoms with E-state index in [1.165, 1.54) is 12.1 Å². The lowest BCUT2D eigenvalue weighted by Crippen LogP contribution is -2.41. The second-order valence-electron chi connectivity index (χ2n) is 5.90. The topological polar surface area (TPSA) is 75.7 Å². The number of sulfonamides is 1. The zero-order chi connectivity index (χ0) is 17.9. The minimum absolute atomic E-state index is 0.0537. The van der Waals surface area contributed by atoms with Gasteiger partial charge in [-0.05, 0) is 36.8 Å². The average molecular weight is 360 g/mol. The number of rotatable bonds is 5. The summed E-state index contributed by atoms with van der Waals surface area (Å²) < 4.78 is 32.5. The Hall–Kier alpha value is -2.22. The molecule has 2 aromatic carbocycles. The molecule has 1 amide bonds. The standard InChI is InChI=1S/C18H20N2O4S/c1-14-2-4-15(5-3-14)12-19-25(22,23)17-8-6-16(7-9-17)20-10-11-24-13-18(20)21/h2-9,19H,10-13H2,1H3. The molecule has 2 aromatic rings. The first-order valence-corrected chi connectivity index (χ1v) is 9.47. The van der Waals surface area contributed by atoms with E-state index in [0.717, 1.165) is 11.1 Å². The van der Waals surface area contributed by atoms with Crippen molar-refractivity contribution in [1.82, 2.24) is 4.72 Å². The summed E-state index contributed by atoms with van der Waals surface area (Å²) >= 11 is 0. The molecule has 7 heteroatoms. The molecule has 1 N–H and O–H groups in total. The number of nitrogens with one attached hydrogen (secondary N) is 1. The van der Waals surface area contributed by atoms with Crippen LogP contribution < -0.4 is 9.62 Å². The van der Waals surface area contributed by atoms with Gasteiger partial charge in [-0.3, -0.25) is 4.79 Å². The van der Waals surface area contributed by atoms with Gasteiger partial charge in [-0.2, -0.15) is 0 Å². The van der Waals surface area contributed by atoms with Crippen molar-refractivity contribution in [2.45, 2.75) is 18.4 Å². The van der Waals surface area contributed by atoms with E-state index in [4.69, 9.17) is 4.74 Å². The molecule has 1 heterocycles.